The molecule has 1 aromatic heterocycles. The van der Waals surface area contributed by atoms with Crippen LogP contribution in [0.4, 0.5) is 28.8 Å². The van der Waals surface area contributed by atoms with Crippen LogP contribution in [0.5, 0.6) is 5.75 Å². The minimum absolute atomic E-state index is 0.0396. The van der Waals surface area contributed by atoms with Gasteiger partial charge in [0.05, 0.1) is 64.8 Å². The van der Waals surface area contributed by atoms with Crippen LogP contribution >= 0.6 is 11.6 Å². The predicted molar refractivity (Wildman–Crippen MR) is 251 cm³/mol. The summed E-state index contributed by atoms with van der Waals surface area (Å²) in [6.07, 6.45) is 2.91. The number of fused-ring (bicyclic) bond motifs is 1. The average Bonchev–Trinajstić information content (AvgIpc) is 3.55. The molecule has 7 rings (SSSR count). The van der Waals surface area contributed by atoms with Crippen molar-refractivity contribution in [1.82, 2.24) is 25.1 Å². The van der Waals surface area contributed by atoms with E-state index in [0.29, 0.717) is 42.4 Å². The van der Waals surface area contributed by atoms with Gasteiger partial charge in [0.15, 0.2) is 15.7 Å². The standard InChI is InChI=1S/C47H55ClN8O10S/c1-27(2)66-38-24-32(29(5)23-36(38)52-47-50-25-33(48)43(54-47)51-34-10-6-7-12-39(34)67(62,63)28(3)4)30-15-18-55(19-16-30)41(58)26-65-22-21-64-20-17-49-35-11-8-9-31-42(35)46(61)56(45(31)60)37-13-14-40(57)53-44(37)59/h6-12,23-25,27-28,30,37,49H,13-22,26H2,1-5H3,(H,53,57,59)(H2,50,51,52,54). The number of benzene rings is 3. The molecule has 0 saturated carbocycles. The minimum Gasteiger partial charge on any atom is -0.489 e. The molecule has 4 aromatic rings. The van der Waals surface area contributed by atoms with Gasteiger partial charge in [0, 0.05) is 31.7 Å². The lowest BCUT2D eigenvalue weighted by Gasteiger charge is -2.33. The van der Waals surface area contributed by atoms with Crippen molar-refractivity contribution < 1.29 is 46.6 Å². The zero-order valence-electron chi connectivity index (χ0n) is 38.0. The largest absolute Gasteiger partial charge is 0.489 e. The van der Waals surface area contributed by atoms with Gasteiger partial charge in [-0.25, -0.2) is 13.4 Å². The fraction of sp³-hybridized carbons (Fsp3) is 0.426. The summed E-state index contributed by atoms with van der Waals surface area (Å²) >= 11 is 6.50. The lowest BCUT2D eigenvalue weighted by atomic mass is 9.86. The van der Waals surface area contributed by atoms with Crippen LogP contribution in [0.25, 0.3) is 0 Å². The van der Waals surface area contributed by atoms with Crippen molar-refractivity contribution in [3.63, 3.8) is 0 Å². The van der Waals surface area contributed by atoms with Gasteiger partial charge in [-0.3, -0.25) is 34.2 Å². The number of nitrogens with zero attached hydrogens (tertiary/aromatic N) is 4. The maximum Gasteiger partial charge on any atom is 0.264 e. The highest BCUT2D eigenvalue weighted by Crippen LogP contribution is 2.39. The first-order valence-corrected chi connectivity index (χ1v) is 24.2. The number of carbonyl (C=O) groups excluding carboxylic acids is 5. The molecule has 20 heteroatoms. The Bertz CT molecular complexity index is 2660. The van der Waals surface area contributed by atoms with Crippen LogP contribution in [0.3, 0.4) is 0 Å². The van der Waals surface area contributed by atoms with Crippen molar-refractivity contribution in [2.75, 3.05) is 62.0 Å². The quantitative estimate of drug-likeness (QED) is 0.0611. The SMILES string of the molecule is Cc1cc(Nc2ncc(Cl)c(Nc3ccccc3S(=O)(=O)C(C)C)n2)c(OC(C)C)cc1C1CCN(C(=O)COCCOCCNc2cccc3c2C(=O)N(C2CCC(=O)NC2=O)C3=O)CC1. The first kappa shape index (κ1) is 48.8. The molecule has 2 saturated heterocycles. The van der Waals surface area contributed by atoms with Gasteiger partial charge in [0.1, 0.15) is 23.4 Å². The number of hydrogen-bond donors (Lipinski definition) is 4. The molecule has 0 bridgehead atoms. The van der Waals surface area contributed by atoms with Crippen molar-refractivity contribution in [2.45, 2.75) is 88.5 Å². The van der Waals surface area contributed by atoms with E-state index >= 15 is 0 Å². The Hall–Kier alpha value is -6.15. The molecule has 356 valence electrons. The first-order chi connectivity index (χ1) is 32.0. The zero-order chi connectivity index (χ0) is 48.0. The molecule has 5 amide bonds. The summed E-state index contributed by atoms with van der Waals surface area (Å²) in [5, 5.41) is 11.3. The molecule has 4 N–H and O–H groups in total. The van der Waals surface area contributed by atoms with E-state index in [0.717, 1.165) is 28.9 Å². The molecule has 18 nitrogen and oxygen atoms in total. The number of aromatic nitrogens is 2. The third-order valence-electron chi connectivity index (χ3n) is 11.7. The van der Waals surface area contributed by atoms with Crippen molar-refractivity contribution in [2.24, 2.45) is 0 Å². The summed E-state index contributed by atoms with van der Waals surface area (Å²) in [6.45, 7) is 11.2. The van der Waals surface area contributed by atoms with Crippen LogP contribution in [0.15, 0.2) is 65.7 Å². The molecule has 0 aliphatic carbocycles. The number of likely N-dealkylation sites (tertiary alicyclic amines) is 1. The number of amides is 5. The van der Waals surface area contributed by atoms with Crippen molar-refractivity contribution >= 4 is 79.8 Å². The second-order valence-corrected chi connectivity index (χ2v) is 19.9. The summed E-state index contributed by atoms with van der Waals surface area (Å²) in [5.74, 6) is -1.14. The van der Waals surface area contributed by atoms with Gasteiger partial charge in [-0.1, -0.05) is 29.8 Å². The van der Waals surface area contributed by atoms with Crippen LogP contribution in [0, 0.1) is 6.92 Å². The number of rotatable bonds is 19. The molecule has 3 aromatic carbocycles. The smallest absolute Gasteiger partial charge is 0.264 e. The van der Waals surface area contributed by atoms with Crippen molar-refractivity contribution in [3.8, 4) is 5.75 Å². The molecule has 1 atom stereocenters. The number of aryl methyl sites for hydroxylation is 1. The van der Waals surface area contributed by atoms with Crippen LogP contribution in [0.1, 0.15) is 91.1 Å². The van der Waals surface area contributed by atoms with Gasteiger partial charge in [0.2, 0.25) is 23.7 Å². The Balaban J connectivity index is 0.867. The highest BCUT2D eigenvalue weighted by Gasteiger charge is 2.45. The summed E-state index contributed by atoms with van der Waals surface area (Å²) in [5.41, 5.74) is 3.92. The molecular formula is C47H55ClN8O10S. The van der Waals surface area contributed by atoms with Crippen molar-refractivity contribution in [1.29, 1.82) is 0 Å². The maximum atomic E-state index is 13.3. The second kappa shape index (κ2) is 21.2. The number of ether oxygens (including phenoxy) is 3. The number of hydrogen-bond acceptors (Lipinski definition) is 15. The number of sulfone groups is 1. The monoisotopic (exact) mass is 958 g/mol. The van der Waals surface area contributed by atoms with Gasteiger partial charge < -0.3 is 35.1 Å². The van der Waals surface area contributed by atoms with E-state index in [-0.39, 0.29) is 90.0 Å². The molecule has 67 heavy (non-hydrogen) atoms. The van der Waals surface area contributed by atoms with Gasteiger partial charge in [-0.15, -0.1) is 0 Å². The predicted octanol–water partition coefficient (Wildman–Crippen LogP) is 6.15. The van der Waals surface area contributed by atoms with E-state index in [1.807, 2.05) is 37.8 Å². The molecular weight excluding hydrogens is 904 g/mol. The van der Waals surface area contributed by atoms with Crippen LogP contribution < -0.4 is 26.0 Å². The fourth-order valence-corrected chi connectivity index (χ4v) is 9.60. The number of anilines is 5. The van der Waals surface area contributed by atoms with Gasteiger partial charge in [0.25, 0.3) is 11.8 Å². The lowest BCUT2D eigenvalue weighted by molar-refractivity contribution is -0.138. The summed E-state index contributed by atoms with van der Waals surface area (Å²) in [4.78, 5) is 75.4. The molecule has 1 unspecified atom stereocenters. The van der Waals surface area contributed by atoms with E-state index in [4.69, 9.17) is 25.8 Å². The number of piperidine rings is 2. The average molecular weight is 960 g/mol. The third-order valence-corrected chi connectivity index (χ3v) is 14.2. The van der Waals surface area contributed by atoms with Crippen LogP contribution in [0.2, 0.25) is 5.02 Å². The Morgan fingerprint density at radius 1 is 0.896 bits per heavy atom. The fourth-order valence-electron chi connectivity index (χ4n) is 8.26. The Morgan fingerprint density at radius 2 is 1.63 bits per heavy atom. The van der Waals surface area contributed by atoms with E-state index in [1.54, 1.807) is 50.2 Å². The highest BCUT2D eigenvalue weighted by molar-refractivity contribution is 7.92. The van der Waals surface area contributed by atoms with Crippen molar-refractivity contribution in [3.05, 3.63) is 88.1 Å². The summed E-state index contributed by atoms with van der Waals surface area (Å²) in [7, 11) is -3.60. The molecule has 2 fully saturated rings. The van der Waals surface area contributed by atoms with E-state index in [9.17, 15) is 32.4 Å². The number of nitrogens with one attached hydrogen (secondary N) is 4. The molecule has 0 radical (unpaired) electrons. The highest BCUT2D eigenvalue weighted by atomic mass is 35.5. The second-order valence-electron chi connectivity index (χ2n) is 17.0. The van der Waals surface area contributed by atoms with E-state index in [1.165, 1.54) is 12.3 Å². The Labute approximate surface area is 394 Å². The number of para-hydroxylation sites is 1. The topological polar surface area (TPSA) is 228 Å². The third kappa shape index (κ3) is 11.2. The number of imide groups is 2. The number of halogens is 1. The van der Waals surface area contributed by atoms with Crippen LogP contribution in [-0.2, 0) is 33.7 Å². The Kier molecular flexibility index (Phi) is 15.4. The summed E-state index contributed by atoms with van der Waals surface area (Å²) < 4.78 is 43.8. The minimum atomic E-state index is -3.60. The van der Waals surface area contributed by atoms with E-state index in [2.05, 4.69) is 31.2 Å². The van der Waals surface area contributed by atoms with Gasteiger partial charge in [-0.05, 0) is 107 Å². The zero-order valence-corrected chi connectivity index (χ0v) is 39.6. The van der Waals surface area contributed by atoms with Gasteiger partial charge in [-0.2, -0.15) is 4.98 Å². The molecule has 3 aliphatic heterocycles. The van der Waals surface area contributed by atoms with Gasteiger partial charge >= 0.3 is 0 Å². The molecule has 0 spiro atoms. The molecule has 4 heterocycles. The first-order valence-electron chi connectivity index (χ1n) is 22.3. The van der Waals surface area contributed by atoms with Crippen LogP contribution in [-0.4, -0.2) is 121 Å². The number of carbonyl (C=O) groups is 5. The summed E-state index contributed by atoms with van der Waals surface area (Å²) in [6, 6.07) is 14.4. The molecule has 3 aliphatic rings. The lowest BCUT2D eigenvalue weighted by Crippen LogP contribution is -2.54. The van der Waals surface area contributed by atoms with E-state index < -0.39 is 44.8 Å². The Morgan fingerprint density at radius 3 is 2.36 bits per heavy atom. The normalized spacial score (nSPS) is 16.7. The maximum absolute atomic E-state index is 13.3.